The zero-order valence-electron chi connectivity index (χ0n) is 29.4. The van der Waals surface area contributed by atoms with Crippen LogP contribution in [0.2, 0.25) is 0 Å². The highest BCUT2D eigenvalue weighted by Gasteiger charge is 2.19. The maximum Gasteiger partial charge on any atom is 0.136 e. The average Bonchev–Trinajstić information content (AvgIpc) is 3.61. The van der Waals surface area contributed by atoms with Gasteiger partial charge in [0.15, 0.2) is 0 Å². The molecule has 0 fully saturated rings. The van der Waals surface area contributed by atoms with Crippen LogP contribution in [-0.2, 0) is 0 Å². The van der Waals surface area contributed by atoms with Crippen molar-refractivity contribution in [1.82, 2.24) is 0 Å². The van der Waals surface area contributed by atoms with Gasteiger partial charge in [-0.25, -0.2) is 0 Å². The SMILES string of the molecule is c1ccc(-c2cccc(N(c3ccc4c(ccc5cc6oc7ccccc7c6cc54)c3)c3cc4cc(-c5ccccc5)ccc4c4ccccc34)c2)cc1. The number of benzene rings is 10. The Kier molecular flexibility index (Phi) is 6.90. The Balaban J connectivity index is 1.16. The van der Waals surface area contributed by atoms with E-state index in [0.717, 1.165) is 39.0 Å². The maximum absolute atomic E-state index is 6.25. The monoisotopic (exact) mass is 687 g/mol. The van der Waals surface area contributed by atoms with E-state index in [-0.39, 0.29) is 0 Å². The van der Waals surface area contributed by atoms with Gasteiger partial charge >= 0.3 is 0 Å². The van der Waals surface area contributed by atoms with Crippen molar-refractivity contribution >= 4 is 82.1 Å². The molecule has 0 aliphatic carbocycles. The number of hydrogen-bond donors (Lipinski definition) is 0. The summed E-state index contributed by atoms with van der Waals surface area (Å²) < 4.78 is 6.25. The van der Waals surface area contributed by atoms with Crippen molar-refractivity contribution < 1.29 is 4.42 Å². The Morgan fingerprint density at radius 2 is 0.889 bits per heavy atom. The van der Waals surface area contributed by atoms with Crippen molar-refractivity contribution in [1.29, 1.82) is 0 Å². The third kappa shape index (κ3) is 4.96. The molecule has 2 nitrogen and oxygen atoms in total. The Morgan fingerprint density at radius 3 is 1.69 bits per heavy atom. The second kappa shape index (κ2) is 12.2. The number of hydrogen-bond acceptors (Lipinski definition) is 2. The summed E-state index contributed by atoms with van der Waals surface area (Å²) >= 11 is 0. The maximum atomic E-state index is 6.25. The van der Waals surface area contributed by atoms with Gasteiger partial charge in [-0.15, -0.1) is 0 Å². The molecule has 0 aliphatic rings. The van der Waals surface area contributed by atoms with Gasteiger partial charge in [-0.2, -0.15) is 0 Å². The lowest BCUT2D eigenvalue weighted by atomic mass is 9.95. The summed E-state index contributed by atoms with van der Waals surface area (Å²) in [4.78, 5) is 2.44. The minimum atomic E-state index is 0.918. The zero-order valence-corrected chi connectivity index (χ0v) is 29.4. The van der Waals surface area contributed by atoms with Crippen LogP contribution in [0.5, 0.6) is 0 Å². The van der Waals surface area contributed by atoms with Gasteiger partial charge in [0.1, 0.15) is 11.2 Å². The standard InChI is InChI=1S/C52H33NO/c1-3-12-34(13-4-1)36-16-11-17-41(29-36)53(50-31-40-28-37(35-14-5-2-6-15-35)24-26-44(40)45-18-7-8-19-46(45)50)42-25-27-43-38(30-42)22-23-39-32-52-49(33-48(39)43)47-20-9-10-21-51(47)54-52/h1-33H. The molecule has 0 spiro atoms. The predicted octanol–water partition coefficient (Wildman–Crippen LogP) is 15.0. The molecule has 0 N–H and O–H groups in total. The van der Waals surface area contributed by atoms with E-state index in [4.69, 9.17) is 4.42 Å². The highest BCUT2D eigenvalue weighted by atomic mass is 16.3. The molecule has 10 aromatic carbocycles. The van der Waals surface area contributed by atoms with E-state index >= 15 is 0 Å². The van der Waals surface area contributed by atoms with Gasteiger partial charge in [-0.05, 0) is 115 Å². The molecular weight excluding hydrogens is 655 g/mol. The van der Waals surface area contributed by atoms with E-state index in [1.165, 1.54) is 65.3 Å². The smallest absolute Gasteiger partial charge is 0.136 e. The Bertz CT molecular complexity index is 3210. The largest absolute Gasteiger partial charge is 0.456 e. The fourth-order valence-corrected chi connectivity index (χ4v) is 8.38. The van der Waals surface area contributed by atoms with Crippen LogP contribution < -0.4 is 4.90 Å². The highest BCUT2D eigenvalue weighted by Crippen LogP contribution is 2.45. The molecule has 252 valence electrons. The quantitative estimate of drug-likeness (QED) is 0.168. The van der Waals surface area contributed by atoms with Gasteiger partial charge in [0.05, 0.1) is 5.69 Å². The molecule has 11 aromatic rings. The van der Waals surface area contributed by atoms with Gasteiger partial charge in [-0.1, -0.05) is 146 Å². The summed E-state index contributed by atoms with van der Waals surface area (Å²) in [7, 11) is 0. The molecule has 0 saturated carbocycles. The normalized spacial score (nSPS) is 11.7. The van der Waals surface area contributed by atoms with E-state index in [0.29, 0.717) is 0 Å². The first kappa shape index (κ1) is 30.5. The lowest BCUT2D eigenvalue weighted by molar-refractivity contribution is 0.669. The van der Waals surface area contributed by atoms with E-state index in [9.17, 15) is 0 Å². The molecule has 0 atom stereocenters. The van der Waals surface area contributed by atoms with Crippen LogP contribution in [-0.4, -0.2) is 0 Å². The topological polar surface area (TPSA) is 16.4 Å². The summed E-state index contributed by atoms with van der Waals surface area (Å²) in [5.74, 6) is 0. The second-order valence-electron chi connectivity index (χ2n) is 14.1. The summed E-state index contributed by atoms with van der Waals surface area (Å²) in [6.07, 6.45) is 0. The fourth-order valence-electron chi connectivity index (χ4n) is 8.38. The summed E-state index contributed by atoms with van der Waals surface area (Å²) in [6, 6.07) is 72.5. The van der Waals surface area contributed by atoms with Gasteiger partial charge in [0.2, 0.25) is 0 Å². The molecule has 1 aromatic heterocycles. The van der Waals surface area contributed by atoms with E-state index < -0.39 is 0 Å². The molecule has 0 unspecified atom stereocenters. The number of anilines is 3. The highest BCUT2D eigenvalue weighted by molar-refractivity contribution is 6.18. The molecule has 0 aliphatic heterocycles. The van der Waals surface area contributed by atoms with Crippen molar-refractivity contribution in [3.05, 3.63) is 200 Å². The molecule has 0 saturated heterocycles. The lowest BCUT2D eigenvalue weighted by Gasteiger charge is -2.28. The second-order valence-corrected chi connectivity index (χ2v) is 14.1. The Labute approximate surface area is 312 Å². The van der Waals surface area contributed by atoms with Gasteiger partial charge in [0.25, 0.3) is 0 Å². The summed E-state index contributed by atoms with van der Waals surface area (Å²) in [6.45, 7) is 0. The van der Waals surface area contributed by atoms with Crippen LogP contribution in [0, 0.1) is 0 Å². The van der Waals surface area contributed by atoms with E-state index in [2.05, 4.69) is 193 Å². The van der Waals surface area contributed by atoms with Crippen LogP contribution in [0.15, 0.2) is 205 Å². The number of furan rings is 1. The zero-order chi connectivity index (χ0) is 35.6. The van der Waals surface area contributed by atoms with Crippen LogP contribution in [0.3, 0.4) is 0 Å². The van der Waals surface area contributed by atoms with Crippen LogP contribution in [0.4, 0.5) is 17.1 Å². The molecule has 54 heavy (non-hydrogen) atoms. The molecule has 0 bridgehead atoms. The summed E-state index contributed by atoms with van der Waals surface area (Å²) in [5, 5.41) is 12.0. The van der Waals surface area contributed by atoms with Crippen molar-refractivity contribution in [3.63, 3.8) is 0 Å². The average molecular weight is 688 g/mol. The first-order chi connectivity index (χ1) is 26.7. The van der Waals surface area contributed by atoms with E-state index in [1.807, 2.05) is 12.1 Å². The van der Waals surface area contributed by atoms with Crippen molar-refractivity contribution in [2.75, 3.05) is 4.90 Å². The van der Waals surface area contributed by atoms with Crippen molar-refractivity contribution in [2.45, 2.75) is 0 Å². The van der Waals surface area contributed by atoms with Gasteiger partial charge in [0, 0.05) is 27.5 Å². The summed E-state index contributed by atoms with van der Waals surface area (Å²) in [5.41, 5.74) is 9.97. The first-order valence-electron chi connectivity index (χ1n) is 18.5. The Hall–Kier alpha value is -7.16. The van der Waals surface area contributed by atoms with Gasteiger partial charge in [-0.3, -0.25) is 0 Å². The number of rotatable bonds is 5. The van der Waals surface area contributed by atoms with Crippen molar-refractivity contribution in [2.24, 2.45) is 0 Å². The number of nitrogens with zero attached hydrogens (tertiary/aromatic N) is 1. The van der Waals surface area contributed by atoms with E-state index in [1.54, 1.807) is 0 Å². The molecule has 0 radical (unpaired) electrons. The minimum absolute atomic E-state index is 0.918. The predicted molar refractivity (Wildman–Crippen MR) is 229 cm³/mol. The van der Waals surface area contributed by atoms with Crippen LogP contribution in [0.25, 0.3) is 87.3 Å². The lowest BCUT2D eigenvalue weighted by Crippen LogP contribution is -2.11. The minimum Gasteiger partial charge on any atom is -0.456 e. The van der Waals surface area contributed by atoms with Crippen molar-refractivity contribution in [3.8, 4) is 22.3 Å². The molecule has 0 amide bonds. The fraction of sp³-hybridized carbons (Fsp3) is 0. The van der Waals surface area contributed by atoms with Gasteiger partial charge < -0.3 is 9.32 Å². The molecule has 11 rings (SSSR count). The molecule has 1 heterocycles. The Morgan fingerprint density at radius 1 is 0.278 bits per heavy atom. The molecular formula is C52H33NO. The third-order valence-corrected chi connectivity index (χ3v) is 11.0. The first-order valence-corrected chi connectivity index (χ1v) is 18.5. The number of fused-ring (bicyclic) bond motifs is 9. The van der Waals surface area contributed by atoms with Crippen LogP contribution >= 0.6 is 0 Å². The molecule has 2 heteroatoms. The van der Waals surface area contributed by atoms with Crippen LogP contribution in [0.1, 0.15) is 0 Å². The third-order valence-electron chi connectivity index (χ3n) is 11.0. The number of para-hydroxylation sites is 1.